The molecule has 1 aromatic carbocycles. The molecule has 96 valence electrons. The number of nitrogens with zero attached hydrogens (tertiary/aromatic N) is 1. The van der Waals surface area contributed by atoms with E-state index in [0.717, 1.165) is 29.8 Å². The fraction of sp³-hybridized carbons (Fsp3) is 0.333. The van der Waals surface area contributed by atoms with Crippen molar-refractivity contribution in [1.29, 1.82) is 0 Å². The molecule has 18 heavy (non-hydrogen) atoms. The lowest BCUT2D eigenvalue weighted by Crippen LogP contribution is -2.18. The van der Waals surface area contributed by atoms with E-state index in [0.29, 0.717) is 0 Å². The van der Waals surface area contributed by atoms with Crippen molar-refractivity contribution < 1.29 is 9.52 Å². The van der Waals surface area contributed by atoms with Crippen molar-refractivity contribution in [2.45, 2.75) is 26.0 Å². The number of benzene rings is 1. The highest BCUT2D eigenvalue weighted by Gasteiger charge is 2.13. The van der Waals surface area contributed by atoms with Crippen LogP contribution in [0.4, 0.5) is 5.69 Å². The van der Waals surface area contributed by atoms with Crippen LogP contribution in [0.3, 0.4) is 0 Å². The molecule has 0 amide bonds. The molecular weight excluding hydrogens is 226 g/mol. The summed E-state index contributed by atoms with van der Waals surface area (Å²) in [5.41, 5.74) is 3.16. The Kier molecular flexibility index (Phi) is 4.05. The summed E-state index contributed by atoms with van der Waals surface area (Å²) in [6.45, 7) is 2.75. The summed E-state index contributed by atoms with van der Waals surface area (Å²) in [5, 5.41) is 10.0. The first-order valence-electron chi connectivity index (χ1n) is 6.21. The van der Waals surface area contributed by atoms with Crippen molar-refractivity contribution in [3.8, 4) is 0 Å². The van der Waals surface area contributed by atoms with Gasteiger partial charge in [0.25, 0.3) is 0 Å². The first-order valence-corrected chi connectivity index (χ1v) is 6.21. The molecule has 1 aromatic heterocycles. The number of rotatable bonds is 5. The van der Waals surface area contributed by atoms with Crippen molar-refractivity contribution in [3.05, 3.63) is 54.0 Å². The highest BCUT2D eigenvalue weighted by Crippen LogP contribution is 2.28. The van der Waals surface area contributed by atoms with Gasteiger partial charge in [-0.05, 0) is 18.6 Å². The average Bonchev–Trinajstić information content (AvgIpc) is 2.90. The molecule has 0 saturated heterocycles. The molecule has 0 spiro atoms. The van der Waals surface area contributed by atoms with E-state index in [2.05, 4.69) is 4.90 Å². The van der Waals surface area contributed by atoms with E-state index in [1.165, 1.54) is 0 Å². The number of aliphatic hydroxyl groups is 1. The summed E-state index contributed by atoms with van der Waals surface area (Å²) in [6, 6.07) is 9.93. The molecule has 0 bridgehead atoms. The monoisotopic (exact) mass is 245 g/mol. The van der Waals surface area contributed by atoms with Crippen molar-refractivity contribution in [2.24, 2.45) is 0 Å². The van der Waals surface area contributed by atoms with E-state index in [1.54, 1.807) is 12.5 Å². The summed E-state index contributed by atoms with van der Waals surface area (Å²) in [4.78, 5) is 2.12. The van der Waals surface area contributed by atoms with Crippen molar-refractivity contribution in [1.82, 2.24) is 0 Å². The Morgan fingerprint density at radius 3 is 2.72 bits per heavy atom. The van der Waals surface area contributed by atoms with Crippen molar-refractivity contribution >= 4 is 5.69 Å². The molecular formula is C15H19NO2. The molecule has 3 nitrogen and oxygen atoms in total. The normalized spacial score (nSPS) is 12.4. The van der Waals surface area contributed by atoms with Crippen LogP contribution in [0.5, 0.6) is 0 Å². The number of hydrogen-bond donors (Lipinski definition) is 1. The highest BCUT2D eigenvalue weighted by molar-refractivity contribution is 5.54. The van der Waals surface area contributed by atoms with Crippen LogP contribution in [0.15, 0.2) is 47.3 Å². The largest absolute Gasteiger partial charge is 0.472 e. The molecule has 3 heteroatoms. The zero-order chi connectivity index (χ0) is 13.0. The second-order valence-electron chi connectivity index (χ2n) is 4.47. The summed E-state index contributed by atoms with van der Waals surface area (Å²) < 4.78 is 5.07. The second kappa shape index (κ2) is 5.74. The minimum atomic E-state index is -0.409. The molecule has 1 unspecified atom stereocenters. The standard InChI is InChI=1S/C15H19NO2/c1-3-15(17)13-6-4-5-7-14(13)16(2)10-12-8-9-18-11-12/h4-9,11,15,17H,3,10H2,1-2H3. The molecule has 0 radical (unpaired) electrons. The van der Waals surface area contributed by atoms with Gasteiger partial charge in [0.1, 0.15) is 0 Å². The van der Waals surface area contributed by atoms with E-state index >= 15 is 0 Å². The molecule has 0 fully saturated rings. The molecule has 1 N–H and O–H groups in total. The van der Waals surface area contributed by atoms with E-state index in [9.17, 15) is 5.11 Å². The van der Waals surface area contributed by atoms with Crippen LogP contribution in [-0.4, -0.2) is 12.2 Å². The van der Waals surface area contributed by atoms with Crippen LogP contribution >= 0.6 is 0 Å². The summed E-state index contributed by atoms with van der Waals surface area (Å²) in [6.07, 6.45) is 3.73. The summed E-state index contributed by atoms with van der Waals surface area (Å²) in [7, 11) is 2.02. The molecule has 0 saturated carbocycles. The Hall–Kier alpha value is -1.74. The minimum Gasteiger partial charge on any atom is -0.472 e. The fourth-order valence-electron chi connectivity index (χ4n) is 2.08. The first kappa shape index (κ1) is 12.7. The maximum atomic E-state index is 10.0. The van der Waals surface area contributed by atoms with Crippen LogP contribution < -0.4 is 4.90 Å². The Labute approximate surface area is 108 Å². The lowest BCUT2D eigenvalue weighted by atomic mass is 10.0. The van der Waals surface area contributed by atoms with Gasteiger partial charge in [-0.2, -0.15) is 0 Å². The van der Waals surface area contributed by atoms with E-state index in [4.69, 9.17) is 4.42 Å². The Bertz CT molecular complexity index is 479. The molecule has 0 aliphatic heterocycles. The lowest BCUT2D eigenvalue weighted by Gasteiger charge is -2.23. The minimum absolute atomic E-state index is 0.409. The number of para-hydroxylation sites is 1. The third-order valence-corrected chi connectivity index (χ3v) is 3.09. The van der Waals surface area contributed by atoms with Gasteiger partial charge in [0.15, 0.2) is 0 Å². The van der Waals surface area contributed by atoms with Crippen molar-refractivity contribution in [2.75, 3.05) is 11.9 Å². The Balaban J connectivity index is 2.21. The zero-order valence-corrected chi connectivity index (χ0v) is 10.8. The number of anilines is 1. The van der Waals surface area contributed by atoms with Crippen LogP contribution in [0, 0.1) is 0 Å². The predicted octanol–water partition coefficient (Wildman–Crippen LogP) is 3.36. The molecule has 0 aliphatic carbocycles. The van der Waals surface area contributed by atoms with E-state index < -0.39 is 6.10 Å². The maximum Gasteiger partial charge on any atom is 0.0952 e. The topological polar surface area (TPSA) is 36.6 Å². The fourth-order valence-corrected chi connectivity index (χ4v) is 2.08. The molecule has 0 aliphatic rings. The van der Waals surface area contributed by atoms with Gasteiger partial charge in [-0.1, -0.05) is 25.1 Å². The SMILES string of the molecule is CCC(O)c1ccccc1N(C)Cc1ccoc1. The molecule has 1 heterocycles. The summed E-state index contributed by atoms with van der Waals surface area (Å²) in [5.74, 6) is 0. The quantitative estimate of drug-likeness (QED) is 0.877. The van der Waals surface area contributed by atoms with Gasteiger partial charge in [0.2, 0.25) is 0 Å². The number of hydrogen-bond acceptors (Lipinski definition) is 3. The van der Waals surface area contributed by atoms with Gasteiger partial charge in [-0.25, -0.2) is 0 Å². The second-order valence-corrected chi connectivity index (χ2v) is 4.47. The number of furan rings is 1. The molecule has 2 rings (SSSR count). The third-order valence-electron chi connectivity index (χ3n) is 3.09. The van der Waals surface area contributed by atoms with Gasteiger partial charge >= 0.3 is 0 Å². The Morgan fingerprint density at radius 2 is 2.06 bits per heavy atom. The molecule has 2 aromatic rings. The highest BCUT2D eigenvalue weighted by atomic mass is 16.3. The average molecular weight is 245 g/mol. The van der Waals surface area contributed by atoms with Crippen molar-refractivity contribution in [3.63, 3.8) is 0 Å². The van der Waals surface area contributed by atoms with Crippen LogP contribution in [0.25, 0.3) is 0 Å². The smallest absolute Gasteiger partial charge is 0.0952 e. The van der Waals surface area contributed by atoms with Gasteiger partial charge < -0.3 is 14.4 Å². The number of aliphatic hydroxyl groups excluding tert-OH is 1. The molecule has 1 atom stereocenters. The van der Waals surface area contributed by atoms with Crippen LogP contribution in [0.2, 0.25) is 0 Å². The lowest BCUT2D eigenvalue weighted by molar-refractivity contribution is 0.174. The Morgan fingerprint density at radius 1 is 1.28 bits per heavy atom. The van der Waals surface area contributed by atoms with Gasteiger partial charge in [0, 0.05) is 30.4 Å². The van der Waals surface area contributed by atoms with Crippen LogP contribution in [-0.2, 0) is 6.54 Å². The van der Waals surface area contributed by atoms with E-state index in [-0.39, 0.29) is 0 Å². The zero-order valence-electron chi connectivity index (χ0n) is 10.8. The summed E-state index contributed by atoms with van der Waals surface area (Å²) >= 11 is 0. The third kappa shape index (κ3) is 2.74. The van der Waals surface area contributed by atoms with Gasteiger partial charge in [0.05, 0.1) is 18.6 Å². The first-order chi connectivity index (χ1) is 8.72. The van der Waals surface area contributed by atoms with Crippen LogP contribution in [0.1, 0.15) is 30.6 Å². The van der Waals surface area contributed by atoms with E-state index in [1.807, 2.05) is 44.3 Å². The maximum absolute atomic E-state index is 10.0. The van der Waals surface area contributed by atoms with Gasteiger partial charge in [-0.15, -0.1) is 0 Å². The van der Waals surface area contributed by atoms with Gasteiger partial charge in [-0.3, -0.25) is 0 Å². The predicted molar refractivity (Wildman–Crippen MR) is 72.5 cm³/mol.